The summed E-state index contributed by atoms with van der Waals surface area (Å²) in [6.45, 7) is 11.1. The molecule has 0 saturated heterocycles. The smallest absolute Gasteiger partial charge is 0.333 e. The molecule has 0 aromatic heterocycles. The molecule has 0 heterocycles. The number of rotatable bonds is 8. The fourth-order valence-electron chi connectivity index (χ4n) is 1.23. The highest BCUT2D eigenvalue weighted by Crippen LogP contribution is 2.09. The van der Waals surface area contributed by atoms with Crippen LogP contribution in [0.1, 0.15) is 33.1 Å². The molecule has 0 amide bonds. The molecule has 18 heavy (non-hydrogen) atoms. The molecular weight excluding hydrogens is 224 g/mol. The molecule has 0 aliphatic carbocycles. The van der Waals surface area contributed by atoms with Crippen molar-refractivity contribution >= 4 is 5.97 Å². The summed E-state index contributed by atoms with van der Waals surface area (Å²) in [6.07, 6.45) is 10.7. The number of hydrogen-bond acceptors (Lipinski definition) is 2. The van der Waals surface area contributed by atoms with E-state index in [1.165, 1.54) is 0 Å². The quantitative estimate of drug-likeness (QED) is 0.279. The Hall–Kier alpha value is -1.79. The van der Waals surface area contributed by atoms with Gasteiger partial charge in [0.1, 0.15) is 6.61 Å². The van der Waals surface area contributed by atoms with Gasteiger partial charge in [0.15, 0.2) is 0 Å². The first-order chi connectivity index (χ1) is 8.61. The van der Waals surface area contributed by atoms with Crippen LogP contribution in [0.2, 0.25) is 0 Å². The number of hydrogen-bond donors (Lipinski definition) is 0. The highest BCUT2D eigenvalue weighted by atomic mass is 16.5. The van der Waals surface area contributed by atoms with Gasteiger partial charge in [-0.25, -0.2) is 4.79 Å². The minimum absolute atomic E-state index is 0.283. The minimum Gasteiger partial charge on any atom is -0.458 e. The Balaban J connectivity index is 3.89. The first-order valence-corrected chi connectivity index (χ1v) is 6.08. The third-order valence-corrected chi connectivity index (χ3v) is 2.29. The van der Waals surface area contributed by atoms with Crippen LogP contribution in [0.5, 0.6) is 0 Å². The van der Waals surface area contributed by atoms with E-state index in [0.29, 0.717) is 5.57 Å². The molecule has 2 heteroatoms. The summed E-state index contributed by atoms with van der Waals surface area (Å²) in [5, 5.41) is 0. The third-order valence-electron chi connectivity index (χ3n) is 2.29. The monoisotopic (exact) mass is 246 g/mol. The topological polar surface area (TPSA) is 26.3 Å². The average Bonchev–Trinajstić information content (AvgIpc) is 2.36. The SMILES string of the molecule is C=C=C(C/C=C/COC(=O)C(=C)C)CC/C=C/C. The molecular formula is C16H22O2. The van der Waals surface area contributed by atoms with Crippen molar-refractivity contribution in [2.75, 3.05) is 6.61 Å². The highest BCUT2D eigenvalue weighted by Gasteiger charge is 1.99. The van der Waals surface area contributed by atoms with Crippen LogP contribution in [0.4, 0.5) is 0 Å². The molecule has 0 aliphatic heterocycles. The van der Waals surface area contributed by atoms with Crippen molar-refractivity contribution < 1.29 is 9.53 Å². The van der Waals surface area contributed by atoms with E-state index in [9.17, 15) is 4.79 Å². The summed E-state index contributed by atoms with van der Waals surface area (Å²) in [7, 11) is 0. The predicted octanol–water partition coefficient (Wildman–Crippen LogP) is 4.12. The summed E-state index contributed by atoms with van der Waals surface area (Å²) >= 11 is 0. The molecule has 0 rings (SSSR count). The van der Waals surface area contributed by atoms with Crippen LogP contribution in [0.3, 0.4) is 0 Å². The van der Waals surface area contributed by atoms with Crippen molar-refractivity contribution in [1.82, 2.24) is 0 Å². The molecule has 0 aromatic rings. The van der Waals surface area contributed by atoms with Crippen LogP contribution in [0, 0.1) is 0 Å². The highest BCUT2D eigenvalue weighted by molar-refractivity contribution is 5.86. The minimum atomic E-state index is -0.354. The second-order valence-corrected chi connectivity index (χ2v) is 3.94. The molecule has 0 unspecified atom stereocenters. The van der Waals surface area contributed by atoms with Crippen LogP contribution in [-0.2, 0) is 9.53 Å². The molecule has 0 atom stereocenters. The number of carbonyl (C=O) groups excluding carboxylic acids is 1. The lowest BCUT2D eigenvalue weighted by atomic mass is 10.1. The zero-order valence-electron chi connectivity index (χ0n) is 11.4. The van der Waals surface area contributed by atoms with E-state index in [2.05, 4.69) is 25.0 Å². The first kappa shape index (κ1) is 16.2. The fraction of sp³-hybridized carbons (Fsp3) is 0.375. The lowest BCUT2D eigenvalue weighted by Gasteiger charge is -2.00. The Morgan fingerprint density at radius 2 is 2.06 bits per heavy atom. The standard InChI is InChI=1S/C16H22O2/c1-5-7-8-11-15(6-2)12-9-10-13-18-16(17)14(3)4/h5,7,9-10H,2-3,8,11-13H2,1,4H3/b7-5+,10-9+. The summed E-state index contributed by atoms with van der Waals surface area (Å²) in [4.78, 5) is 11.1. The molecule has 0 saturated carbocycles. The zero-order chi connectivity index (χ0) is 13.8. The number of ether oxygens (including phenoxy) is 1. The van der Waals surface area contributed by atoms with E-state index in [1.54, 1.807) is 6.92 Å². The van der Waals surface area contributed by atoms with E-state index in [0.717, 1.165) is 24.8 Å². The Morgan fingerprint density at radius 1 is 1.33 bits per heavy atom. The van der Waals surface area contributed by atoms with Gasteiger partial charge in [0, 0.05) is 5.57 Å². The van der Waals surface area contributed by atoms with Gasteiger partial charge in [-0.3, -0.25) is 0 Å². The van der Waals surface area contributed by atoms with Crippen molar-refractivity contribution in [3.63, 3.8) is 0 Å². The maximum Gasteiger partial charge on any atom is 0.333 e. The third kappa shape index (κ3) is 8.37. The molecule has 0 radical (unpaired) electrons. The number of allylic oxidation sites excluding steroid dienone is 4. The van der Waals surface area contributed by atoms with Gasteiger partial charge in [0.05, 0.1) is 0 Å². The second-order valence-electron chi connectivity index (χ2n) is 3.94. The molecule has 0 aromatic carbocycles. The van der Waals surface area contributed by atoms with Crippen LogP contribution >= 0.6 is 0 Å². The van der Waals surface area contributed by atoms with Gasteiger partial charge in [0.25, 0.3) is 0 Å². The predicted molar refractivity (Wildman–Crippen MR) is 76.2 cm³/mol. The zero-order valence-corrected chi connectivity index (χ0v) is 11.4. The lowest BCUT2D eigenvalue weighted by molar-refractivity contribution is -0.137. The van der Waals surface area contributed by atoms with Crippen LogP contribution in [0.15, 0.2) is 54.3 Å². The van der Waals surface area contributed by atoms with Crippen molar-refractivity contribution in [3.8, 4) is 0 Å². The summed E-state index contributed by atoms with van der Waals surface area (Å²) in [5.74, 6) is -0.354. The van der Waals surface area contributed by atoms with Gasteiger partial charge in [0.2, 0.25) is 0 Å². The Labute approximate surface area is 110 Å². The van der Waals surface area contributed by atoms with E-state index in [1.807, 2.05) is 25.2 Å². The molecule has 0 fully saturated rings. The van der Waals surface area contributed by atoms with Gasteiger partial charge in [-0.2, -0.15) is 0 Å². The van der Waals surface area contributed by atoms with Crippen LogP contribution in [-0.4, -0.2) is 12.6 Å². The van der Waals surface area contributed by atoms with Crippen LogP contribution in [0.25, 0.3) is 0 Å². The van der Waals surface area contributed by atoms with E-state index in [4.69, 9.17) is 4.74 Å². The van der Waals surface area contributed by atoms with Gasteiger partial charge in [-0.05, 0) is 38.7 Å². The van der Waals surface area contributed by atoms with Crippen molar-refractivity contribution in [1.29, 1.82) is 0 Å². The Bertz CT molecular complexity index is 380. The molecule has 0 bridgehead atoms. The largest absolute Gasteiger partial charge is 0.458 e. The summed E-state index contributed by atoms with van der Waals surface area (Å²) in [5.41, 5.74) is 4.52. The van der Waals surface area contributed by atoms with Crippen LogP contribution < -0.4 is 0 Å². The first-order valence-electron chi connectivity index (χ1n) is 6.08. The van der Waals surface area contributed by atoms with E-state index >= 15 is 0 Å². The molecule has 0 aliphatic rings. The lowest BCUT2D eigenvalue weighted by Crippen LogP contribution is -2.04. The normalized spacial score (nSPS) is 10.6. The maximum absolute atomic E-state index is 11.1. The number of carbonyl (C=O) groups is 1. The number of esters is 1. The Morgan fingerprint density at radius 3 is 2.61 bits per heavy atom. The van der Waals surface area contributed by atoms with Crippen molar-refractivity contribution in [2.45, 2.75) is 33.1 Å². The molecule has 98 valence electrons. The van der Waals surface area contributed by atoms with Crippen molar-refractivity contribution in [3.05, 3.63) is 54.3 Å². The molecule has 0 N–H and O–H groups in total. The molecule has 2 nitrogen and oxygen atoms in total. The maximum atomic E-state index is 11.1. The summed E-state index contributed by atoms with van der Waals surface area (Å²) < 4.78 is 4.94. The van der Waals surface area contributed by atoms with E-state index < -0.39 is 0 Å². The van der Waals surface area contributed by atoms with E-state index in [-0.39, 0.29) is 12.6 Å². The summed E-state index contributed by atoms with van der Waals surface area (Å²) in [6, 6.07) is 0. The van der Waals surface area contributed by atoms with Gasteiger partial charge >= 0.3 is 5.97 Å². The average molecular weight is 246 g/mol. The second kappa shape index (κ2) is 10.4. The molecule has 0 spiro atoms. The van der Waals surface area contributed by atoms with Crippen molar-refractivity contribution in [2.24, 2.45) is 0 Å². The van der Waals surface area contributed by atoms with Gasteiger partial charge in [-0.15, -0.1) is 5.73 Å². The fourth-order valence-corrected chi connectivity index (χ4v) is 1.23. The Kier molecular flexibility index (Phi) is 9.34. The van der Waals surface area contributed by atoms with Gasteiger partial charge in [-0.1, -0.05) is 37.5 Å². The van der Waals surface area contributed by atoms with Gasteiger partial charge < -0.3 is 4.74 Å².